The standard InChI is InChI=1S/C10H14N4O/c11-7-1-3-13-8(5-7)6-14-4-2-9(14)10(12)15/h1,3,5,9H,2,4,6H2,(H2,11,13)(H2,12,15). The Kier molecular flexibility index (Phi) is 2.55. The van der Waals surface area contributed by atoms with Crippen LogP contribution in [0.3, 0.4) is 0 Å². The van der Waals surface area contributed by atoms with Crippen molar-refractivity contribution in [3.8, 4) is 0 Å². The predicted molar refractivity (Wildman–Crippen MR) is 56.7 cm³/mol. The van der Waals surface area contributed by atoms with Crippen molar-refractivity contribution in [2.45, 2.75) is 19.0 Å². The molecule has 1 aromatic heterocycles. The van der Waals surface area contributed by atoms with Gasteiger partial charge in [-0.1, -0.05) is 0 Å². The molecular weight excluding hydrogens is 192 g/mol. The number of hydrogen-bond acceptors (Lipinski definition) is 4. The van der Waals surface area contributed by atoms with Crippen LogP contribution in [0.5, 0.6) is 0 Å². The zero-order valence-electron chi connectivity index (χ0n) is 8.39. The number of carbonyl (C=O) groups is 1. The van der Waals surface area contributed by atoms with Crippen LogP contribution in [0.25, 0.3) is 0 Å². The van der Waals surface area contributed by atoms with Gasteiger partial charge in [0.25, 0.3) is 0 Å². The van der Waals surface area contributed by atoms with E-state index >= 15 is 0 Å². The third-order valence-electron chi connectivity index (χ3n) is 2.66. The normalized spacial score (nSPS) is 20.9. The van der Waals surface area contributed by atoms with Crippen molar-refractivity contribution in [2.24, 2.45) is 5.73 Å². The van der Waals surface area contributed by atoms with Gasteiger partial charge in [-0.15, -0.1) is 0 Å². The maximum absolute atomic E-state index is 11.0. The van der Waals surface area contributed by atoms with Crippen LogP contribution in [0.4, 0.5) is 5.69 Å². The molecular formula is C10H14N4O. The molecule has 15 heavy (non-hydrogen) atoms. The molecule has 80 valence electrons. The molecule has 0 aromatic carbocycles. The molecule has 1 aliphatic rings. The van der Waals surface area contributed by atoms with Crippen molar-refractivity contribution in [3.63, 3.8) is 0 Å². The SMILES string of the molecule is NC(=O)C1CCN1Cc1cc(N)ccn1. The summed E-state index contributed by atoms with van der Waals surface area (Å²) in [6.07, 6.45) is 2.52. The molecule has 1 amide bonds. The van der Waals surface area contributed by atoms with Crippen molar-refractivity contribution in [3.05, 3.63) is 24.0 Å². The van der Waals surface area contributed by atoms with E-state index in [-0.39, 0.29) is 11.9 Å². The topological polar surface area (TPSA) is 85.2 Å². The highest BCUT2D eigenvalue weighted by Crippen LogP contribution is 2.19. The van der Waals surface area contributed by atoms with Crippen LogP contribution in [0.1, 0.15) is 12.1 Å². The fraction of sp³-hybridized carbons (Fsp3) is 0.400. The van der Waals surface area contributed by atoms with Gasteiger partial charge in [0.05, 0.1) is 11.7 Å². The summed E-state index contributed by atoms with van der Waals surface area (Å²) in [6.45, 7) is 1.53. The summed E-state index contributed by atoms with van der Waals surface area (Å²) in [7, 11) is 0. The first-order chi connectivity index (χ1) is 7.16. The molecule has 1 aromatic rings. The molecule has 2 rings (SSSR count). The molecule has 1 aliphatic heterocycles. The zero-order valence-corrected chi connectivity index (χ0v) is 8.39. The number of amides is 1. The number of primary amides is 1. The molecule has 1 saturated heterocycles. The minimum absolute atomic E-state index is 0.131. The van der Waals surface area contributed by atoms with Crippen LogP contribution in [-0.2, 0) is 11.3 Å². The highest BCUT2D eigenvalue weighted by atomic mass is 16.1. The van der Waals surface area contributed by atoms with Gasteiger partial charge in [0.15, 0.2) is 0 Å². The highest BCUT2D eigenvalue weighted by molar-refractivity contribution is 5.80. The lowest BCUT2D eigenvalue weighted by Crippen LogP contribution is -2.54. The van der Waals surface area contributed by atoms with Crippen LogP contribution in [0, 0.1) is 0 Å². The summed E-state index contributed by atoms with van der Waals surface area (Å²) in [5.41, 5.74) is 12.5. The van der Waals surface area contributed by atoms with Crippen molar-refractivity contribution < 1.29 is 4.79 Å². The van der Waals surface area contributed by atoms with E-state index in [2.05, 4.69) is 4.98 Å². The van der Waals surface area contributed by atoms with Gasteiger partial charge < -0.3 is 11.5 Å². The van der Waals surface area contributed by atoms with Gasteiger partial charge >= 0.3 is 0 Å². The second-order valence-electron chi connectivity index (χ2n) is 3.76. The number of rotatable bonds is 3. The smallest absolute Gasteiger partial charge is 0.234 e. The molecule has 1 unspecified atom stereocenters. The molecule has 0 saturated carbocycles. The monoisotopic (exact) mass is 206 g/mol. The summed E-state index contributed by atoms with van der Waals surface area (Å²) in [5, 5.41) is 0. The first-order valence-corrected chi connectivity index (χ1v) is 4.90. The Morgan fingerprint density at radius 3 is 3.00 bits per heavy atom. The third kappa shape index (κ3) is 2.07. The fourth-order valence-corrected chi connectivity index (χ4v) is 1.74. The molecule has 4 N–H and O–H groups in total. The van der Waals surface area contributed by atoms with E-state index < -0.39 is 0 Å². The van der Waals surface area contributed by atoms with E-state index in [0.29, 0.717) is 12.2 Å². The fourth-order valence-electron chi connectivity index (χ4n) is 1.74. The van der Waals surface area contributed by atoms with Gasteiger partial charge in [-0.2, -0.15) is 0 Å². The first-order valence-electron chi connectivity index (χ1n) is 4.90. The van der Waals surface area contributed by atoms with E-state index in [0.717, 1.165) is 18.7 Å². The van der Waals surface area contributed by atoms with E-state index in [1.165, 1.54) is 0 Å². The Labute approximate surface area is 88.1 Å². The first kappa shape index (κ1) is 9.92. The Morgan fingerprint density at radius 2 is 2.47 bits per heavy atom. The molecule has 1 atom stereocenters. The number of nitrogen functional groups attached to an aromatic ring is 1. The number of nitrogens with two attached hydrogens (primary N) is 2. The van der Waals surface area contributed by atoms with Gasteiger partial charge in [0.2, 0.25) is 5.91 Å². The molecule has 0 spiro atoms. The van der Waals surface area contributed by atoms with Crippen molar-refractivity contribution in [1.82, 2.24) is 9.88 Å². The molecule has 0 bridgehead atoms. The van der Waals surface area contributed by atoms with Crippen LogP contribution < -0.4 is 11.5 Å². The lowest BCUT2D eigenvalue weighted by atomic mass is 10.0. The highest BCUT2D eigenvalue weighted by Gasteiger charge is 2.32. The predicted octanol–water partition coefficient (Wildman–Crippen LogP) is -0.277. The largest absolute Gasteiger partial charge is 0.399 e. The van der Waals surface area contributed by atoms with Crippen molar-refractivity contribution in [1.29, 1.82) is 0 Å². The van der Waals surface area contributed by atoms with Gasteiger partial charge in [-0.3, -0.25) is 14.7 Å². The quantitative estimate of drug-likeness (QED) is 0.712. The van der Waals surface area contributed by atoms with Crippen LogP contribution in [0.2, 0.25) is 0 Å². The zero-order chi connectivity index (χ0) is 10.8. The van der Waals surface area contributed by atoms with E-state index in [1.54, 1.807) is 12.3 Å². The third-order valence-corrected chi connectivity index (χ3v) is 2.66. The minimum Gasteiger partial charge on any atom is -0.399 e. The maximum Gasteiger partial charge on any atom is 0.234 e. The maximum atomic E-state index is 11.0. The van der Waals surface area contributed by atoms with Gasteiger partial charge in [0, 0.05) is 25.0 Å². The summed E-state index contributed by atoms with van der Waals surface area (Å²) in [5.74, 6) is -0.259. The average Bonchev–Trinajstić information content (AvgIpc) is 2.11. The lowest BCUT2D eigenvalue weighted by Gasteiger charge is -2.38. The summed E-state index contributed by atoms with van der Waals surface area (Å²) in [4.78, 5) is 17.2. The Hall–Kier alpha value is -1.62. The summed E-state index contributed by atoms with van der Waals surface area (Å²) < 4.78 is 0. The number of nitrogens with zero attached hydrogens (tertiary/aromatic N) is 2. The van der Waals surface area contributed by atoms with Crippen LogP contribution >= 0.6 is 0 Å². The number of aromatic nitrogens is 1. The van der Waals surface area contributed by atoms with Crippen LogP contribution in [-0.4, -0.2) is 28.4 Å². The summed E-state index contributed by atoms with van der Waals surface area (Å²) in [6, 6.07) is 3.43. The van der Waals surface area contributed by atoms with E-state index in [4.69, 9.17) is 11.5 Å². The van der Waals surface area contributed by atoms with E-state index in [9.17, 15) is 4.79 Å². The number of anilines is 1. The van der Waals surface area contributed by atoms with Crippen molar-refractivity contribution in [2.75, 3.05) is 12.3 Å². The lowest BCUT2D eigenvalue weighted by molar-refractivity contribution is -0.127. The molecule has 1 fully saturated rings. The van der Waals surface area contributed by atoms with Gasteiger partial charge in [-0.05, 0) is 18.6 Å². The molecule has 0 aliphatic carbocycles. The second kappa shape index (κ2) is 3.86. The van der Waals surface area contributed by atoms with E-state index in [1.807, 2.05) is 11.0 Å². The molecule has 5 nitrogen and oxygen atoms in total. The molecule has 2 heterocycles. The number of hydrogen-bond donors (Lipinski definition) is 2. The van der Waals surface area contributed by atoms with Crippen molar-refractivity contribution >= 4 is 11.6 Å². The van der Waals surface area contributed by atoms with Gasteiger partial charge in [-0.25, -0.2) is 0 Å². The average molecular weight is 206 g/mol. The Morgan fingerprint density at radius 1 is 1.67 bits per heavy atom. The van der Waals surface area contributed by atoms with Crippen LogP contribution in [0.15, 0.2) is 18.3 Å². The number of carbonyl (C=O) groups excluding carboxylic acids is 1. The minimum atomic E-state index is -0.259. The number of pyridine rings is 1. The Balaban J connectivity index is 2.00. The van der Waals surface area contributed by atoms with Gasteiger partial charge in [0.1, 0.15) is 0 Å². The molecule has 0 radical (unpaired) electrons. The second-order valence-corrected chi connectivity index (χ2v) is 3.76. The summed E-state index contributed by atoms with van der Waals surface area (Å²) >= 11 is 0. The Bertz CT molecular complexity index is 379. The number of likely N-dealkylation sites (tertiary alicyclic amines) is 1. The molecule has 5 heteroatoms.